The highest BCUT2D eigenvalue weighted by molar-refractivity contribution is 5.20. The zero-order valence-corrected chi connectivity index (χ0v) is 15.2. The summed E-state index contributed by atoms with van der Waals surface area (Å²) in [6.45, 7) is 9.65. The predicted octanol–water partition coefficient (Wildman–Crippen LogP) is 3.23. The summed E-state index contributed by atoms with van der Waals surface area (Å²) in [7, 11) is 0. The van der Waals surface area contributed by atoms with Gasteiger partial charge in [-0.1, -0.05) is 27.2 Å². The maximum absolute atomic E-state index is 11.5. The molecule has 3 heteroatoms. The van der Waals surface area contributed by atoms with Gasteiger partial charge in [-0.05, 0) is 62.2 Å². The van der Waals surface area contributed by atoms with E-state index in [0.29, 0.717) is 36.2 Å². The van der Waals surface area contributed by atoms with Crippen LogP contribution in [0.25, 0.3) is 0 Å². The second-order valence-electron chi connectivity index (χ2n) is 9.66. The molecule has 132 valence electrons. The number of fused-ring (bicyclic) bond motifs is 1. The number of ether oxygens (including phenoxy) is 1. The molecule has 5 bridgehead atoms. The second kappa shape index (κ2) is 5.19. The largest absolute Gasteiger partial charge is 0.392 e. The quantitative estimate of drug-likeness (QED) is 0.779. The van der Waals surface area contributed by atoms with E-state index in [2.05, 4.69) is 20.8 Å². The van der Waals surface area contributed by atoms with Crippen molar-refractivity contribution in [3.05, 3.63) is 0 Å². The number of aliphatic hydroxyl groups is 2. The molecule has 0 aromatic rings. The van der Waals surface area contributed by atoms with Gasteiger partial charge in [0.15, 0.2) is 0 Å². The first kappa shape index (κ1) is 16.4. The first-order chi connectivity index (χ1) is 10.8. The minimum atomic E-state index is -0.810. The molecule has 0 amide bonds. The van der Waals surface area contributed by atoms with Gasteiger partial charge in [-0.25, -0.2) is 0 Å². The van der Waals surface area contributed by atoms with E-state index in [0.717, 1.165) is 19.3 Å². The van der Waals surface area contributed by atoms with Crippen LogP contribution >= 0.6 is 0 Å². The average Bonchev–Trinajstić information content (AvgIpc) is 2.48. The van der Waals surface area contributed by atoms with Crippen molar-refractivity contribution in [3.63, 3.8) is 0 Å². The molecule has 2 N–H and O–H groups in total. The standard InChI is InChI=1S/C20H34O3/c1-11(2)14-6-5-12(3)15-7-8-19(4,22)20-16(14)9-13(10-23-20)18(21)17(15)20/h11-18,21-22H,5-10H2,1-4H3/t12-,13+,14-,15+,16+,17+,18-,19-,20+/m1/s1. The van der Waals surface area contributed by atoms with Crippen LogP contribution in [0.4, 0.5) is 0 Å². The lowest BCUT2D eigenvalue weighted by atomic mass is 9.43. The molecule has 5 aliphatic rings. The van der Waals surface area contributed by atoms with Crippen LogP contribution in [0.3, 0.4) is 0 Å². The Bertz CT molecular complexity index is 474. The molecule has 5 fully saturated rings. The van der Waals surface area contributed by atoms with Crippen molar-refractivity contribution in [2.75, 3.05) is 6.61 Å². The summed E-state index contributed by atoms with van der Waals surface area (Å²) in [5.74, 6) is 3.13. The third kappa shape index (κ3) is 1.99. The van der Waals surface area contributed by atoms with Crippen LogP contribution in [0.5, 0.6) is 0 Å². The average molecular weight is 322 g/mol. The van der Waals surface area contributed by atoms with Crippen molar-refractivity contribution in [2.24, 2.45) is 41.4 Å². The summed E-state index contributed by atoms with van der Waals surface area (Å²) in [6.07, 6.45) is 5.11. The van der Waals surface area contributed by atoms with E-state index < -0.39 is 11.2 Å². The number of aliphatic hydroxyl groups excluding tert-OH is 1. The lowest BCUT2D eigenvalue weighted by Gasteiger charge is -2.70. The lowest BCUT2D eigenvalue weighted by molar-refractivity contribution is -0.356. The molecule has 0 aromatic heterocycles. The minimum Gasteiger partial charge on any atom is -0.392 e. The molecule has 2 saturated heterocycles. The molecule has 23 heavy (non-hydrogen) atoms. The molecule has 3 nitrogen and oxygen atoms in total. The summed E-state index contributed by atoms with van der Waals surface area (Å²) in [5.41, 5.74) is -1.33. The van der Waals surface area contributed by atoms with Gasteiger partial charge in [-0.15, -0.1) is 0 Å². The van der Waals surface area contributed by atoms with Crippen LogP contribution in [0.2, 0.25) is 0 Å². The summed E-state index contributed by atoms with van der Waals surface area (Å²) in [4.78, 5) is 0. The van der Waals surface area contributed by atoms with Crippen LogP contribution in [0.1, 0.15) is 59.8 Å². The molecule has 3 aliphatic carbocycles. The Morgan fingerprint density at radius 2 is 1.91 bits per heavy atom. The van der Waals surface area contributed by atoms with Gasteiger partial charge in [0.2, 0.25) is 0 Å². The Kier molecular flexibility index (Phi) is 3.69. The summed E-state index contributed by atoms with van der Waals surface area (Å²) < 4.78 is 6.54. The predicted molar refractivity (Wildman–Crippen MR) is 89.9 cm³/mol. The number of hydrogen-bond donors (Lipinski definition) is 2. The molecule has 2 aliphatic heterocycles. The normalized spacial score (nSPS) is 58.8. The molecule has 0 aromatic carbocycles. The maximum Gasteiger partial charge on any atom is 0.105 e. The fourth-order valence-corrected chi connectivity index (χ4v) is 7.16. The van der Waals surface area contributed by atoms with Gasteiger partial charge in [-0.3, -0.25) is 0 Å². The van der Waals surface area contributed by atoms with Gasteiger partial charge >= 0.3 is 0 Å². The monoisotopic (exact) mass is 322 g/mol. The van der Waals surface area contributed by atoms with E-state index in [1.165, 1.54) is 12.8 Å². The topological polar surface area (TPSA) is 49.7 Å². The second-order valence-corrected chi connectivity index (χ2v) is 9.66. The van der Waals surface area contributed by atoms with E-state index in [-0.39, 0.29) is 17.9 Å². The Hall–Kier alpha value is -0.120. The van der Waals surface area contributed by atoms with Crippen LogP contribution < -0.4 is 0 Å². The zero-order valence-electron chi connectivity index (χ0n) is 15.2. The van der Waals surface area contributed by atoms with Gasteiger partial charge in [-0.2, -0.15) is 0 Å². The molecule has 3 saturated carbocycles. The van der Waals surface area contributed by atoms with Gasteiger partial charge < -0.3 is 14.9 Å². The van der Waals surface area contributed by atoms with Crippen LogP contribution in [-0.2, 0) is 4.74 Å². The summed E-state index contributed by atoms with van der Waals surface area (Å²) in [5, 5.41) is 22.6. The van der Waals surface area contributed by atoms with Gasteiger partial charge in [0.1, 0.15) is 5.60 Å². The summed E-state index contributed by atoms with van der Waals surface area (Å²) >= 11 is 0. The van der Waals surface area contributed by atoms with Crippen LogP contribution in [0.15, 0.2) is 0 Å². The Balaban J connectivity index is 1.88. The molecule has 5 rings (SSSR count). The SMILES string of the molecule is CC(C)[C@H]1CC[C@@H](C)[C@@H]2CC[C@@](C)(O)[C@]34OC[C@H](C[C@@H]13)[C@@H](O)[C@H]24. The smallest absolute Gasteiger partial charge is 0.105 e. The van der Waals surface area contributed by atoms with E-state index in [4.69, 9.17) is 4.74 Å². The van der Waals surface area contributed by atoms with Crippen molar-refractivity contribution in [3.8, 4) is 0 Å². The first-order valence-corrected chi connectivity index (χ1v) is 9.84. The van der Waals surface area contributed by atoms with Gasteiger partial charge in [0.05, 0.1) is 18.3 Å². The lowest BCUT2D eigenvalue weighted by Crippen LogP contribution is -2.78. The van der Waals surface area contributed by atoms with Crippen molar-refractivity contribution in [1.29, 1.82) is 0 Å². The summed E-state index contributed by atoms with van der Waals surface area (Å²) in [6, 6.07) is 0. The Morgan fingerprint density at radius 3 is 2.61 bits per heavy atom. The zero-order chi connectivity index (χ0) is 16.6. The molecular weight excluding hydrogens is 288 g/mol. The van der Waals surface area contributed by atoms with Crippen LogP contribution in [0, 0.1) is 41.4 Å². The highest BCUT2D eigenvalue weighted by Crippen LogP contribution is 2.65. The van der Waals surface area contributed by atoms with E-state index in [1.807, 2.05) is 6.92 Å². The van der Waals surface area contributed by atoms with E-state index >= 15 is 0 Å². The van der Waals surface area contributed by atoms with Crippen molar-refractivity contribution < 1.29 is 14.9 Å². The van der Waals surface area contributed by atoms with E-state index in [9.17, 15) is 10.2 Å². The number of rotatable bonds is 1. The molecular formula is C20H34O3. The van der Waals surface area contributed by atoms with Gasteiger partial charge in [0, 0.05) is 11.8 Å². The van der Waals surface area contributed by atoms with Crippen LogP contribution in [-0.4, -0.2) is 34.1 Å². The molecule has 0 radical (unpaired) electrons. The molecule has 1 spiro atoms. The highest BCUT2D eigenvalue weighted by Gasteiger charge is 2.71. The highest BCUT2D eigenvalue weighted by atomic mass is 16.5. The van der Waals surface area contributed by atoms with Gasteiger partial charge in [0.25, 0.3) is 0 Å². The van der Waals surface area contributed by atoms with Crippen molar-refractivity contribution in [1.82, 2.24) is 0 Å². The fourth-order valence-electron chi connectivity index (χ4n) is 7.16. The Morgan fingerprint density at radius 1 is 1.17 bits per heavy atom. The Labute approximate surface area is 140 Å². The third-order valence-corrected chi connectivity index (χ3v) is 8.32. The molecule has 9 atom stereocenters. The maximum atomic E-state index is 11.5. The molecule has 2 heterocycles. The van der Waals surface area contributed by atoms with Crippen molar-refractivity contribution >= 4 is 0 Å². The third-order valence-electron chi connectivity index (χ3n) is 8.32. The number of hydrogen-bond acceptors (Lipinski definition) is 3. The minimum absolute atomic E-state index is 0.125. The van der Waals surface area contributed by atoms with Crippen molar-refractivity contribution in [2.45, 2.75) is 77.1 Å². The molecule has 0 unspecified atom stereocenters. The fraction of sp³-hybridized carbons (Fsp3) is 1.00. The van der Waals surface area contributed by atoms with E-state index in [1.54, 1.807) is 0 Å². The first-order valence-electron chi connectivity index (χ1n) is 9.84.